The minimum atomic E-state index is -4.41. The molecule has 0 atom stereocenters. The van der Waals surface area contributed by atoms with Crippen LogP contribution in [-0.2, 0) is 11.3 Å². The first-order chi connectivity index (χ1) is 15.6. The van der Waals surface area contributed by atoms with Crippen molar-refractivity contribution in [2.24, 2.45) is 0 Å². The molecule has 3 rings (SSSR count). The summed E-state index contributed by atoms with van der Waals surface area (Å²) in [5.41, 5.74) is 3.41. The highest BCUT2D eigenvalue weighted by Crippen LogP contribution is 2.33. The molecule has 0 radical (unpaired) electrons. The Labute approximate surface area is 189 Å². The summed E-state index contributed by atoms with van der Waals surface area (Å²) in [6.07, 6.45) is -2.76. The van der Waals surface area contributed by atoms with Crippen LogP contribution in [0, 0.1) is 6.92 Å². The van der Waals surface area contributed by atoms with Crippen molar-refractivity contribution in [2.45, 2.75) is 39.6 Å². The van der Waals surface area contributed by atoms with Crippen LogP contribution in [0.3, 0.4) is 0 Å². The number of methoxy groups -OCH3 is 1. The lowest BCUT2D eigenvalue weighted by atomic mass is 10.1. The van der Waals surface area contributed by atoms with Gasteiger partial charge in [-0.2, -0.15) is 28.4 Å². The van der Waals surface area contributed by atoms with Gasteiger partial charge >= 0.3 is 6.18 Å². The second kappa shape index (κ2) is 10.4. The molecule has 11 heteroatoms. The Morgan fingerprint density at radius 1 is 1.09 bits per heavy atom. The number of anilines is 3. The van der Waals surface area contributed by atoms with E-state index in [0.29, 0.717) is 22.9 Å². The molecule has 0 fully saturated rings. The minimum Gasteiger partial charge on any atom is -0.496 e. The summed E-state index contributed by atoms with van der Waals surface area (Å²) in [5.74, 6) is 1.27. The van der Waals surface area contributed by atoms with Crippen LogP contribution in [-0.4, -0.2) is 46.1 Å². The Kier molecular flexibility index (Phi) is 7.64. The van der Waals surface area contributed by atoms with Gasteiger partial charge in [-0.05, 0) is 39.0 Å². The van der Waals surface area contributed by atoms with Gasteiger partial charge in [-0.25, -0.2) is 4.98 Å². The maximum atomic E-state index is 12.4. The molecule has 0 aliphatic heterocycles. The average Bonchev–Trinajstić information content (AvgIpc) is 2.72. The van der Waals surface area contributed by atoms with E-state index in [-0.39, 0.29) is 18.6 Å². The molecule has 2 heterocycles. The summed E-state index contributed by atoms with van der Waals surface area (Å²) in [4.78, 5) is 8.69. The number of nitrogens with zero attached hydrogens (tertiary/aromatic N) is 4. The molecule has 2 N–H and O–H groups in total. The van der Waals surface area contributed by atoms with Crippen molar-refractivity contribution in [1.82, 2.24) is 20.2 Å². The van der Waals surface area contributed by atoms with Gasteiger partial charge in [0.1, 0.15) is 18.2 Å². The van der Waals surface area contributed by atoms with Gasteiger partial charge in [-0.1, -0.05) is 0 Å². The van der Waals surface area contributed by atoms with Crippen LogP contribution in [0.2, 0.25) is 0 Å². The topological polar surface area (TPSA) is 94.1 Å². The monoisotopic (exact) mass is 462 g/mol. The molecule has 0 unspecified atom stereocenters. The number of hydrogen-bond acceptors (Lipinski definition) is 8. The Hall–Kier alpha value is -3.47. The van der Waals surface area contributed by atoms with Gasteiger partial charge in [0.05, 0.1) is 31.3 Å². The van der Waals surface area contributed by atoms with Crippen molar-refractivity contribution in [3.63, 3.8) is 0 Å². The number of halogens is 3. The molecule has 33 heavy (non-hydrogen) atoms. The molecule has 8 nitrogen and oxygen atoms in total. The SMILES string of the molecule is COc1cc(Nc2nc(COCC(F)(F)F)cc(NC(C)C)n2)ccc1-c1cnnc(C)c1. The lowest BCUT2D eigenvalue weighted by Gasteiger charge is -2.15. The standard InChI is InChI=1S/C22H25F3N6O2/c1-13(2)27-20-9-17(11-33-12-22(23,24)25)29-21(30-20)28-16-5-6-18(19(8-16)32-4)15-7-14(3)31-26-10-15/h5-10,13H,11-12H2,1-4H3,(H2,27,28,29,30). The van der Waals surface area contributed by atoms with Crippen LogP contribution in [0.4, 0.5) is 30.6 Å². The summed E-state index contributed by atoms with van der Waals surface area (Å²) < 4.78 is 47.6. The molecule has 0 spiro atoms. The maximum Gasteiger partial charge on any atom is 0.411 e. The molecule has 3 aromatic rings. The van der Waals surface area contributed by atoms with Crippen molar-refractivity contribution in [1.29, 1.82) is 0 Å². The summed E-state index contributed by atoms with van der Waals surface area (Å²) in [5, 5.41) is 14.2. The van der Waals surface area contributed by atoms with Gasteiger partial charge in [-0.3, -0.25) is 0 Å². The zero-order valence-corrected chi connectivity index (χ0v) is 18.7. The van der Waals surface area contributed by atoms with Gasteiger partial charge in [0.2, 0.25) is 5.95 Å². The highest BCUT2D eigenvalue weighted by Gasteiger charge is 2.27. The van der Waals surface area contributed by atoms with Crippen molar-refractivity contribution in [2.75, 3.05) is 24.4 Å². The molecule has 176 valence electrons. The summed E-state index contributed by atoms with van der Waals surface area (Å²) in [6.45, 7) is 4.04. The molecular formula is C22H25F3N6O2. The van der Waals surface area contributed by atoms with Crippen LogP contribution in [0.15, 0.2) is 36.5 Å². The number of alkyl halides is 3. The Balaban J connectivity index is 1.85. The predicted molar refractivity (Wildman–Crippen MR) is 119 cm³/mol. The maximum absolute atomic E-state index is 12.4. The van der Waals surface area contributed by atoms with Gasteiger partial charge in [0.25, 0.3) is 0 Å². The fourth-order valence-corrected chi connectivity index (χ4v) is 3.03. The van der Waals surface area contributed by atoms with Crippen molar-refractivity contribution < 1.29 is 22.6 Å². The summed E-state index contributed by atoms with van der Waals surface area (Å²) in [7, 11) is 1.56. The van der Waals surface area contributed by atoms with Crippen LogP contribution in [0.25, 0.3) is 11.1 Å². The zero-order chi connectivity index (χ0) is 24.0. The largest absolute Gasteiger partial charge is 0.496 e. The van der Waals surface area contributed by atoms with E-state index >= 15 is 0 Å². The number of rotatable bonds is 9. The van der Waals surface area contributed by atoms with E-state index < -0.39 is 12.8 Å². The van der Waals surface area contributed by atoms with E-state index in [4.69, 9.17) is 9.47 Å². The Bertz CT molecular complexity index is 1090. The second-order valence-corrected chi connectivity index (χ2v) is 7.60. The Morgan fingerprint density at radius 3 is 2.55 bits per heavy atom. The van der Waals surface area contributed by atoms with Gasteiger partial charge < -0.3 is 20.1 Å². The van der Waals surface area contributed by atoms with Crippen molar-refractivity contribution in [3.05, 3.63) is 47.9 Å². The predicted octanol–water partition coefficient (Wildman–Crippen LogP) is 4.89. The number of ether oxygens (including phenoxy) is 2. The molecule has 2 aromatic heterocycles. The molecule has 0 aliphatic carbocycles. The van der Waals surface area contributed by atoms with Crippen molar-refractivity contribution >= 4 is 17.5 Å². The second-order valence-electron chi connectivity index (χ2n) is 7.60. The van der Waals surface area contributed by atoms with Crippen LogP contribution < -0.4 is 15.4 Å². The van der Waals surface area contributed by atoms with Gasteiger partial charge in [0, 0.05) is 35.0 Å². The lowest BCUT2D eigenvalue weighted by molar-refractivity contribution is -0.176. The van der Waals surface area contributed by atoms with E-state index in [1.54, 1.807) is 25.4 Å². The molecular weight excluding hydrogens is 437 g/mol. The normalized spacial score (nSPS) is 11.5. The third-order valence-corrected chi connectivity index (χ3v) is 4.28. The first kappa shape index (κ1) is 24.2. The summed E-state index contributed by atoms with van der Waals surface area (Å²) in [6, 6.07) is 8.98. The minimum absolute atomic E-state index is 0.0634. The van der Waals surface area contributed by atoms with E-state index in [0.717, 1.165) is 16.8 Å². The van der Waals surface area contributed by atoms with Crippen LogP contribution in [0.5, 0.6) is 5.75 Å². The molecule has 0 bridgehead atoms. The van der Waals surface area contributed by atoms with E-state index in [1.165, 1.54) is 0 Å². The van der Waals surface area contributed by atoms with Crippen molar-refractivity contribution in [3.8, 4) is 16.9 Å². The van der Waals surface area contributed by atoms with E-state index in [2.05, 4.69) is 30.8 Å². The first-order valence-electron chi connectivity index (χ1n) is 10.2. The number of aryl methyl sites for hydroxylation is 1. The molecule has 0 amide bonds. The highest BCUT2D eigenvalue weighted by atomic mass is 19.4. The third-order valence-electron chi connectivity index (χ3n) is 4.28. The highest BCUT2D eigenvalue weighted by molar-refractivity contribution is 5.74. The molecule has 1 aromatic carbocycles. The van der Waals surface area contributed by atoms with Crippen LogP contribution >= 0.6 is 0 Å². The smallest absolute Gasteiger partial charge is 0.411 e. The molecule has 0 saturated carbocycles. The summed E-state index contributed by atoms with van der Waals surface area (Å²) >= 11 is 0. The number of aromatic nitrogens is 4. The quantitative estimate of drug-likeness (QED) is 0.464. The van der Waals surface area contributed by atoms with Crippen LogP contribution in [0.1, 0.15) is 25.2 Å². The lowest BCUT2D eigenvalue weighted by Crippen LogP contribution is -2.17. The van der Waals surface area contributed by atoms with E-state index in [9.17, 15) is 13.2 Å². The fraction of sp³-hybridized carbons (Fsp3) is 0.364. The fourth-order valence-electron chi connectivity index (χ4n) is 3.03. The molecule has 0 aliphatic rings. The number of hydrogen-bond donors (Lipinski definition) is 2. The van der Waals surface area contributed by atoms with Gasteiger partial charge in [-0.15, -0.1) is 0 Å². The number of benzene rings is 1. The third kappa shape index (κ3) is 7.28. The average molecular weight is 462 g/mol. The Morgan fingerprint density at radius 2 is 1.88 bits per heavy atom. The molecule has 0 saturated heterocycles. The number of nitrogens with one attached hydrogen (secondary N) is 2. The van der Waals surface area contributed by atoms with Gasteiger partial charge in [0.15, 0.2) is 0 Å². The first-order valence-corrected chi connectivity index (χ1v) is 10.2. The van der Waals surface area contributed by atoms with E-state index in [1.807, 2.05) is 39.0 Å². The zero-order valence-electron chi connectivity index (χ0n) is 18.7.